The maximum absolute atomic E-state index is 13.6. The number of nitrogens with zero attached hydrogens (tertiary/aromatic N) is 3. The Balaban J connectivity index is 2.74. The first kappa shape index (κ1) is 26.4. The number of benzene rings is 1. The van der Waals surface area contributed by atoms with Crippen LogP contribution in [0.1, 0.15) is 54.0 Å². The van der Waals surface area contributed by atoms with Crippen LogP contribution in [-0.2, 0) is 24.6 Å². The highest BCUT2D eigenvalue weighted by Gasteiger charge is 2.60. The Morgan fingerprint density at radius 3 is 2.09 bits per heavy atom. The van der Waals surface area contributed by atoms with E-state index < -0.39 is 34.9 Å². The summed E-state index contributed by atoms with van der Waals surface area (Å²) in [5.74, 6) is -0.134. The summed E-state index contributed by atoms with van der Waals surface area (Å²) >= 11 is 3.40. The van der Waals surface area contributed by atoms with Gasteiger partial charge in [-0.1, -0.05) is 6.07 Å². The fraction of sp³-hybridized carbons (Fsp3) is 0.545. The summed E-state index contributed by atoms with van der Waals surface area (Å²) in [5, 5.41) is 5.89. The van der Waals surface area contributed by atoms with Crippen molar-refractivity contribution in [2.24, 2.45) is 5.10 Å². The van der Waals surface area contributed by atoms with Crippen molar-refractivity contribution in [2.75, 3.05) is 14.2 Å². The lowest BCUT2D eigenvalue weighted by molar-refractivity contribution is -0.181. The summed E-state index contributed by atoms with van der Waals surface area (Å²) in [5.41, 5.74) is -3.33. The average Bonchev–Trinajstić information content (AvgIpc) is 2.86. The minimum atomic E-state index is -1.94. The van der Waals surface area contributed by atoms with Crippen LogP contribution in [0, 0.1) is 0 Å². The van der Waals surface area contributed by atoms with E-state index in [0.717, 1.165) is 5.01 Å². The number of hydrogen-bond acceptors (Lipinski definition) is 8. The molecule has 0 radical (unpaired) electrons. The standard InChI is InChI=1S/C22H30BrN3O7/c1-13-22(17(27)25(8)24-13,14-10-11-16(30-9)15(23)12-14)26(18(28)31-20(2,3)4)33-19(29)32-21(5,6)7/h10-12H,1-9H3. The second-order valence-corrected chi connectivity index (χ2v) is 10.3. The maximum Gasteiger partial charge on any atom is 0.534 e. The van der Waals surface area contributed by atoms with E-state index in [0.29, 0.717) is 20.8 Å². The molecule has 0 spiro atoms. The summed E-state index contributed by atoms with van der Waals surface area (Å²) < 4.78 is 16.5. The molecular weight excluding hydrogens is 498 g/mol. The van der Waals surface area contributed by atoms with Crippen molar-refractivity contribution >= 4 is 39.8 Å². The Morgan fingerprint density at radius 1 is 1.09 bits per heavy atom. The number of methoxy groups -OCH3 is 1. The highest BCUT2D eigenvalue weighted by atomic mass is 79.9. The van der Waals surface area contributed by atoms with Crippen molar-refractivity contribution in [2.45, 2.75) is 65.2 Å². The van der Waals surface area contributed by atoms with Gasteiger partial charge in [0.25, 0.3) is 5.91 Å². The Labute approximate surface area is 201 Å². The molecule has 1 aliphatic rings. The summed E-state index contributed by atoms with van der Waals surface area (Å²) in [7, 11) is 2.93. The average molecular weight is 528 g/mol. The minimum absolute atomic E-state index is 0.182. The normalized spacial score (nSPS) is 18.5. The van der Waals surface area contributed by atoms with Gasteiger partial charge in [-0.2, -0.15) is 5.10 Å². The second kappa shape index (κ2) is 9.20. The molecule has 0 N–H and O–H groups in total. The van der Waals surface area contributed by atoms with E-state index >= 15 is 0 Å². The van der Waals surface area contributed by atoms with Crippen molar-refractivity contribution < 1.29 is 33.4 Å². The lowest BCUT2D eigenvalue weighted by atomic mass is 9.85. The molecule has 1 aromatic carbocycles. The van der Waals surface area contributed by atoms with E-state index in [1.165, 1.54) is 14.2 Å². The van der Waals surface area contributed by atoms with Gasteiger partial charge in [-0.15, -0.1) is 5.06 Å². The summed E-state index contributed by atoms with van der Waals surface area (Å²) in [6, 6.07) is 4.78. The number of amides is 2. The second-order valence-electron chi connectivity index (χ2n) is 9.40. The smallest absolute Gasteiger partial charge is 0.496 e. The van der Waals surface area contributed by atoms with Crippen molar-refractivity contribution in [3.8, 4) is 5.75 Å². The third-order valence-electron chi connectivity index (χ3n) is 4.42. The zero-order chi connectivity index (χ0) is 25.4. The van der Waals surface area contributed by atoms with E-state index in [2.05, 4.69) is 21.0 Å². The van der Waals surface area contributed by atoms with E-state index in [4.69, 9.17) is 19.0 Å². The number of hydrogen-bond donors (Lipinski definition) is 0. The van der Waals surface area contributed by atoms with E-state index in [-0.39, 0.29) is 5.71 Å². The first-order valence-electron chi connectivity index (χ1n) is 10.1. The highest BCUT2D eigenvalue weighted by molar-refractivity contribution is 9.10. The molecule has 0 aliphatic carbocycles. The molecule has 0 saturated heterocycles. The molecular formula is C22H30BrN3O7. The van der Waals surface area contributed by atoms with Gasteiger partial charge >= 0.3 is 12.2 Å². The number of rotatable bonds is 3. The number of likely N-dealkylation sites (N-methyl/N-ethyl adjacent to an activating group) is 1. The van der Waals surface area contributed by atoms with Crippen LogP contribution in [0.5, 0.6) is 5.75 Å². The largest absolute Gasteiger partial charge is 0.534 e. The summed E-state index contributed by atoms with van der Waals surface area (Å²) in [6.07, 6.45) is -2.26. The summed E-state index contributed by atoms with van der Waals surface area (Å²) in [6.45, 7) is 11.4. The van der Waals surface area contributed by atoms with Crippen LogP contribution >= 0.6 is 15.9 Å². The first-order valence-corrected chi connectivity index (χ1v) is 10.9. The van der Waals surface area contributed by atoms with Gasteiger partial charge in [-0.25, -0.2) is 14.6 Å². The Bertz CT molecular complexity index is 981. The fourth-order valence-corrected chi connectivity index (χ4v) is 3.74. The van der Waals surface area contributed by atoms with E-state index in [1.807, 2.05) is 0 Å². The van der Waals surface area contributed by atoms with Crippen LogP contribution < -0.4 is 4.74 Å². The molecule has 2 rings (SSSR count). The van der Waals surface area contributed by atoms with Crippen molar-refractivity contribution in [1.29, 1.82) is 0 Å². The zero-order valence-electron chi connectivity index (χ0n) is 20.3. The van der Waals surface area contributed by atoms with Gasteiger partial charge in [0.05, 0.1) is 17.3 Å². The van der Waals surface area contributed by atoms with Gasteiger partial charge < -0.3 is 14.2 Å². The maximum atomic E-state index is 13.6. The summed E-state index contributed by atoms with van der Waals surface area (Å²) in [4.78, 5) is 44.9. The number of halogens is 1. The third kappa shape index (κ3) is 5.58. The van der Waals surface area contributed by atoms with Crippen molar-refractivity contribution in [3.05, 3.63) is 28.2 Å². The van der Waals surface area contributed by atoms with Crippen LogP contribution in [0.2, 0.25) is 0 Å². The quantitative estimate of drug-likeness (QED) is 0.417. The van der Waals surface area contributed by atoms with Crippen molar-refractivity contribution in [1.82, 2.24) is 10.1 Å². The molecule has 1 atom stereocenters. The number of carbonyl (C=O) groups is 3. The van der Waals surface area contributed by atoms with Crippen LogP contribution in [0.3, 0.4) is 0 Å². The van der Waals surface area contributed by atoms with E-state index in [9.17, 15) is 14.4 Å². The molecule has 1 aliphatic heterocycles. The number of hydrazone groups is 1. The lowest BCUT2D eigenvalue weighted by Crippen LogP contribution is -2.59. The monoisotopic (exact) mass is 527 g/mol. The molecule has 0 bridgehead atoms. The van der Waals surface area contributed by atoms with Gasteiger partial charge in [0.1, 0.15) is 17.0 Å². The Hall–Kier alpha value is -2.82. The highest BCUT2D eigenvalue weighted by Crippen LogP contribution is 2.41. The fourth-order valence-electron chi connectivity index (χ4n) is 3.20. The van der Waals surface area contributed by atoms with Gasteiger partial charge in [0.2, 0.25) is 5.54 Å². The zero-order valence-corrected chi connectivity index (χ0v) is 21.9. The molecule has 1 aromatic rings. The van der Waals surface area contributed by atoms with Crippen LogP contribution in [0.4, 0.5) is 9.59 Å². The van der Waals surface area contributed by atoms with Crippen LogP contribution in [0.25, 0.3) is 0 Å². The molecule has 1 heterocycles. The Kier molecular flexibility index (Phi) is 7.37. The number of carbonyl (C=O) groups excluding carboxylic acids is 3. The molecule has 182 valence electrons. The molecule has 0 saturated carbocycles. The van der Waals surface area contributed by atoms with Gasteiger partial charge in [-0.05, 0) is 82.1 Å². The topological polar surface area (TPSA) is 107 Å². The van der Waals surface area contributed by atoms with Crippen LogP contribution in [-0.4, -0.2) is 59.3 Å². The van der Waals surface area contributed by atoms with Crippen molar-refractivity contribution in [3.63, 3.8) is 0 Å². The SMILES string of the molecule is COc1ccc(C2(N(OC(=O)OC(C)(C)C)C(=O)OC(C)(C)C)C(=O)N(C)N=C2C)cc1Br. The molecule has 0 aromatic heterocycles. The Morgan fingerprint density at radius 2 is 1.67 bits per heavy atom. The lowest BCUT2D eigenvalue weighted by Gasteiger charge is -2.38. The molecule has 10 nitrogen and oxygen atoms in total. The minimum Gasteiger partial charge on any atom is -0.496 e. The molecule has 1 unspecified atom stereocenters. The third-order valence-corrected chi connectivity index (χ3v) is 5.04. The van der Waals surface area contributed by atoms with E-state index in [1.54, 1.807) is 66.7 Å². The van der Waals surface area contributed by atoms with Gasteiger partial charge in [0.15, 0.2) is 0 Å². The first-order chi connectivity index (χ1) is 15.0. The molecule has 33 heavy (non-hydrogen) atoms. The predicted molar refractivity (Wildman–Crippen MR) is 124 cm³/mol. The molecule has 0 fully saturated rings. The van der Waals surface area contributed by atoms with Gasteiger partial charge in [-0.3, -0.25) is 9.63 Å². The number of hydroxylamine groups is 2. The van der Waals surface area contributed by atoms with Gasteiger partial charge in [0, 0.05) is 7.05 Å². The predicted octanol–water partition coefficient (Wildman–Crippen LogP) is 4.60. The molecule has 11 heteroatoms. The number of ether oxygens (including phenoxy) is 3. The molecule has 2 amide bonds. The van der Waals surface area contributed by atoms with Crippen LogP contribution in [0.15, 0.2) is 27.8 Å².